The molecule has 1 unspecified atom stereocenters. The van der Waals surface area contributed by atoms with Gasteiger partial charge < -0.3 is 9.88 Å². The molecule has 2 aromatic heterocycles. The van der Waals surface area contributed by atoms with Gasteiger partial charge >= 0.3 is 5.69 Å². The van der Waals surface area contributed by atoms with Crippen LogP contribution in [-0.4, -0.2) is 25.2 Å². The predicted molar refractivity (Wildman–Crippen MR) is 96.2 cm³/mol. The van der Waals surface area contributed by atoms with E-state index in [1.54, 1.807) is 6.92 Å². The number of hydrogen-bond acceptors (Lipinski definition) is 4. The van der Waals surface area contributed by atoms with Crippen molar-refractivity contribution in [3.63, 3.8) is 0 Å². The van der Waals surface area contributed by atoms with E-state index in [0.717, 1.165) is 17.4 Å². The van der Waals surface area contributed by atoms with Gasteiger partial charge in [0.15, 0.2) is 0 Å². The molecule has 1 N–H and O–H groups in total. The molecular formula is C18H19N5O3. The van der Waals surface area contributed by atoms with Crippen molar-refractivity contribution in [1.29, 1.82) is 0 Å². The molecule has 1 aromatic carbocycles. The number of aryl methyl sites for hydroxylation is 1. The molecule has 3 aromatic rings. The number of aromatic nitrogens is 3. The van der Waals surface area contributed by atoms with E-state index in [1.807, 2.05) is 60.3 Å². The molecule has 0 radical (unpaired) electrons. The van der Waals surface area contributed by atoms with Gasteiger partial charge in [0, 0.05) is 24.6 Å². The first kappa shape index (κ1) is 17.4. The van der Waals surface area contributed by atoms with Gasteiger partial charge in [0.1, 0.15) is 6.20 Å². The first-order chi connectivity index (χ1) is 12.5. The normalized spacial score (nSPS) is 11.9. The molecule has 0 aliphatic carbocycles. The topological polar surface area (TPSA) is 95.0 Å². The highest BCUT2D eigenvalue weighted by molar-refractivity contribution is 5.96. The maximum atomic E-state index is 12.6. The van der Waals surface area contributed by atoms with Crippen LogP contribution in [0.2, 0.25) is 0 Å². The summed E-state index contributed by atoms with van der Waals surface area (Å²) in [6, 6.07) is 11.3. The van der Waals surface area contributed by atoms with Crippen LogP contribution >= 0.6 is 0 Å². The number of carbonyl (C=O) groups excluding carboxylic acids is 1. The summed E-state index contributed by atoms with van der Waals surface area (Å²) in [6.45, 7) is 3.98. The Morgan fingerprint density at radius 3 is 2.50 bits per heavy atom. The second-order valence-electron chi connectivity index (χ2n) is 5.83. The van der Waals surface area contributed by atoms with Gasteiger partial charge in [0.05, 0.1) is 11.0 Å². The summed E-state index contributed by atoms with van der Waals surface area (Å²) in [5, 5.41) is 17.9. The summed E-state index contributed by atoms with van der Waals surface area (Å²) in [5.74, 6) is -0.516. The minimum atomic E-state index is -0.593. The van der Waals surface area contributed by atoms with Gasteiger partial charge in [-0.3, -0.25) is 19.6 Å². The van der Waals surface area contributed by atoms with Crippen LogP contribution in [0.3, 0.4) is 0 Å². The quantitative estimate of drug-likeness (QED) is 0.544. The lowest BCUT2D eigenvalue weighted by atomic mass is 10.1. The van der Waals surface area contributed by atoms with E-state index in [4.69, 9.17) is 0 Å². The summed E-state index contributed by atoms with van der Waals surface area (Å²) < 4.78 is 3.31. The molecule has 3 rings (SSSR count). The summed E-state index contributed by atoms with van der Waals surface area (Å²) in [5.41, 5.74) is 1.59. The largest absolute Gasteiger partial charge is 0.344 e. The highest BCUT2D eigenvalue weighted by Crippen LogP contribution is 2.20. The number of benzene rings is 1. The number of nitrogens with zero attached hydrogens (tertiary/aromatic N) is 4. The standard InChI is InChI=1S/C18H19N5O3/c1-3-22-17(16(12-19-22)23(25)26)18(24)20-13(2)14-6-8-15(9-7-14)21-10-4-5-11-21/h4-13H,3H2,1-2H3,(H,20,24). The highest BCUT2D eigenvalue weighted by atomic mass is 16.6. The van der Waals surface area contributed by atoms with Crippen LogP contribution in [-0.2, 0) is 6.54 Å². The average molecular weight is 353 g/mol. The van der Waals surface area contributed by atoms with E-state index >= 15 is 0 Å². The van der Waals surface area contributed by atoms with Crippen LogP contribution in [0.1, 0.15) is 35.9 Å². The van der Waals surface area contributed by atoms with E-state index in [2.05, 4.69) is 10.4 Å². The van der Waals surface area contributed by atoms with E-state index < -0.39 is 10.8 Å². The number of amides is 1. The van der Waals surface area contributed by atoms with Crippen LogP contribution in [0, 0.1) is 10.1 Å². The average Bonchev–Trinajstić information content (AvgIpc) is 3.31. The molecule has 0 saturated heterocycles. The molecule has 8 nitrogen and oxygen atoms in total. The van der Waals surface area contributed by atoms with Crippen molar-refractivity contribution in [3.8, 4) is 5.69 Å². The summed E-state index contributed by atoms with van der Waals surface area (Å²) in [7, 11) is 0. The van der Waals surface area contributed by atoms with Gasteiger partial charge in [-0.05, 0) is 43.7 Å². The number of nitro groups is 1. The fourth-order valence-corrected chi connectivity index (χ4v) is 2.77. The lowest BCUT2D eigenvalue weighted by Gasteiger charge is -2.15. The fraction of sp³-hybridized carbons (Fsp3) is 0.222. The Morgan fingerprint density at radius 1 is 1.27 bits per heavy atom. The molecule has 134 valence electrons. The highest BCUT2D eigenvalue weighted by Gasteiger charge is 2.27. The maximum absolute atomic E-state index is 12.6. The molecule has 8 heteroatoms. The first-order valence-electron chi connectivity index (χ1n) is 8.25. The third-order valence-electron chi connectivity index (χ3n) is 4.17. The third kappa shape index (κ3) is 3.34. The zero-order valence-corrected chi connectivity index (χ0v) is 14.5. The molecule has 1 atom stereocenters. The number of carbonyl (C=O) groups is 1. The summed E-state index contributed by atoms with van der Waals surface area (Å²) >= 11 is 0. The van der Waals surface area contributed by atoms with E-state index in [-0.39, 0.29) is 17.4 Å². The predicted octanol–water partition coefficient (Wildman–Crippen LogP) is 3.09. The molecule has 0 aliphatic heterocycles. The second kappa shape index (κ2) is 7.22. The Labute approximate surface area is 150 Å². The molecule has 0 saturated carbocycles. The van der Waals surface area contributed by atoms with Crippen molar-refractivity contribution < 1.29 is 9.72 Å². The second-order valence-corrected chi connectivity index (χ2v) is 5.83. The number of nitrogens with one attached hydrogen (secondary N) is 1. The van der Waals surface area contributed by atoms with Crippen molar-refractivity contribution >= 4 is 11.6 Å². The number of rotatable bonds is 6. The lowest BCUT2D eigenvalue weighted by molar-refractivity contribution is -0.385. The number of hydrogen-bond donors (Lipinski definition) is 1. The zero-order valence-electron chi connectivity index (χ0n) is 14.5. The van der Waals surface area contributed by atoms with Gasteiger partial charge in [-0.1, -0.05) is 12.1 Å². The van der Waals surface area contributed by atoms with Gasteiger partial charge in [0.2, 0.25) is 5.69 Å². The molecular weight excluding hydrogens is 334 g/mol. The molecule has 0 bridgehead atoms. The molecule has 0 fully saturated rings. The Kier molecular flexibility index (Phi) is 4.83. The van der Waals surface area contributed by atoms with Gasteiger partial charge in [-0.2, -0.15) is 5.10 Å². The van der Waals surface area contributed by atoms with Crippen molar-refractivity contribution in [3.05, 3.63) is 76.4 Å². The first-order valence-corrected chi connectivity index (χ1v) is 8.25. The van der Waals surface area contributed by atoms with Crippen molar-refractivity contribution in [2.45, 2.75) is 26.4 Å². The third-order valence-corrected chi connectivity index (χ3v) is 4.17. The summed E-state index contributed by atoms with van der Waals surface area (Å²) in [4.78, 5) is 23.1. The van der Waals surface area contributed by atoms with Crippen molar-refractivity contribution in [1.82, 2.24) is 19.7 Å². The SMILES string of the molecule is CCn1ncc([N+](=O)[O-])c1C(=O)NC(C)c1ccc(-n2cccc2)cc1. The monoisotopic (exact) mass is 353 g/mol. The summed E-state index contributed by atoms with van der Waals surface area (Å²) in [6.07, 6.45) is 5.01. The minimum absolute atomic E-state index is 0.0340. The van der Waals surface area contributed by atoms with Gasteiger partial charge in [-0.15, -0.1) is 0 Å². The van der Waals surface area contributed by atoms with Crippen molar-refractivity contribution in [2.24, 2.45) is 0 Å². The van der Waals surface area contributed by atoms with Crippen LogP contribution in [0.5, 0.6) is 0 Å². The Bertz CT molecular complexity index is 913. The zero-order chi connectivity index (χ0) is 18.7. The maximum Gasteiger partial charge on any atom is 0.320 e. The van der Waals surface area contributed by atoms with Crippen LogP contribution in [0.4, 0.5) is 5.69 Å². The minimum Gasteiger partial charge on any atom is -0.344 e. The molecule has 1 amide bonds. The van der Waals surface area contributed by atoms with Crippen molar-refractivity contribution in [2.75, 3.05) is 0 Å². The van der Waals surface area contributed by atoms with Gasteiger partial charge in [0.25, 0.3) is 5.91 Å². The molecule has 0 aliphatic rings. The van der Waals surface area contributed by atoms with E-state index in [0.29, 0.717) is 6.54 Å². The smallest absolute Gasteiger partial charge is 0.320 e. The molecule has 26 heavy (non-hydrogen) atoms. The van der Waals surface area contributed by atoms with E-state index in [9.17, 15) is 14.9 Å². The Balaban J connectivity index is 1.78. The Morgan fingerprint density at radius 2 is 1.92 bits per heavy atom. The Hall–Kier alpha value is -3.42. The van der Waals surface area contributed by atoms with E-state index in [1.165, 1.54) is 4.68 Å². The van der Waals surface area contributed by atoms with Crippen LogP contribution < -0.4 is 5.32 Å². The van der Waals surface area contributed by atoms with Gasteiger partial charge in [-0.25, -0.2) is 0 Å². The van der Waals surface area contributed by atoms with Crippen LogP contribution in [0.15, 0.2) is 55.0 Å². The molecule has 2 heterocycles. The molecule has 0 spiro atoms. The lowest BCUT2D eigenvalue weighted by Crippen LogP contribution is -2.29. The van der Waals surface area contributed by atoms with Crippen LogP contribution in [0.25, 0.3) is 5.69 Å². The fourth-order valence-electron chi connectivity index (χ4n) is 2.77.